The van der Waals surface area contributed by atoms with E-state index in [0.29, 0.717) is 84.4 Å². The van der Waals surface area contributed by atoms with Crippen LogP contribution in [0.5, 0.6) is 40.2 Å². The van der Waals surface area contributed by atoms with E-state index in [1.165, 1.54) is 134 Å². The fraction of sp³-hybridized carbons (Fsp3) is 0.221. The summed E-state index contributed by atoms with van der Waals surface area (Å²) in [4.78, 5) is 151. The Bertz CT molecular complexity index is 5800. The van der Waals surface area contributed by atoms with Crippen molar-refractivity contribution in [2.45, 2.75) is 52.9 Å². The number of anilines is 1. The normalized spacial score (nSPS) is 9.93. The van der Waals surface area contributed by atoms with Crippen LogP contribution in [-0.4, -0.2) is 153 Å². The van der Waals surface area contributed by atoms with E-state index < -0.39 is 77.6 Å². The van der Waals surface area contributed by atoms with Gasteiger partial charge in [-0.3, -0.25) is 84.1 Å². The summed E-state index contributed by atoms with van der Waals surface area (Å²) in [5, 5.41) is 72.3. The second-order valence-corrected chi connectivity index (χ2v) is 25.0. The van der Waals surface area contributed by atoms with Gasteiger partial charge in [0, 0.05) is 80.7 Å². The fourth-order valence-corrected chi connectivity index (χ4v) is 10.8. The fourth-order valence-electron chi connectivity index (χ4n) is 10.6. The van der Waals surface area contributed by atoms with E-state index in [9.17, 15) is 93.7 Å². The van der Waals surface area contributed by atoms with Crippen molar-refractivity contribution in [2.75, 3.05) is 81.9 Å². The number of phenols is 1. The molecule has 0 unspecified atom stereocenters. The summed E-state index contributed by atoms with van der Waals surface area (Å²) in [6.07, 6.45) is 0.135. The minimum atomic E-state index is -1.35. The molecule has 4 N–H and O–H groups in total. The molecule has 41 heteroatoms. The number of nitrogen functional groups attached to an aromatic ring is 1. The molecule has 9 aromatic carbocycles. The van der Waals surface area contributed by atoms with Crippen molar-refractivity contribution < 1.29 is 129 Å². The second kappa shape index (κ2) is 52.7. The molecule has 0 atom stereocenters. The molecular weight excluding hydrogens is 1700 g/mol. The molecule has 0 radical (unpaired) electrons. The molecule has 0 saturated carbocycles. The van der Waals surface area contributed by atoms with Gasteiger partial charge in [0.25, 0.3) is 28.4 Å². The number of aromatic hydroxyl groups is 1. The molecule has 0 saturated heterocycles. The number of para-hydroxylation sites is 3. The number of phenolic OH excluding ortho intramolecular Hbond substituents is 1. The summed E-state index contributed by atoms with van der Waals surface area (Å²) in [7, 11) is 9.64. The predicted molar refractivity (Wildman–Crippen MR) is 458 cm³/mol. The molecule has 0 aliphatic heterocycles. The Kier molecular flexibility index (Phi) is 42.7. The summed E-state index contributed by atoms with van der Waals surface area (Å²) < 4.78 is 64.1. The molecule has 670 valence electrons. The number of carboxylic acid groups (broad SMARTS) is 1. The van der Waals surface area contributed by atoms with Crippen LogP contribution in [0.25, 0.3) is 44.2 Å². The molecule has 2 aromatic heterocycles. The van der Waals surface area contributed by atoms with Crippen molar-refractivity contribution >= 4 is 110 Å². The highest BCUT2D eigenvalue weighted by molar-refractivity contribution is 6.32. The van der Waals surface area contributed by atoms with Gasteiger partial charge in [-0.2, -0.15) is 0 Å². The number of carboxylic acids is 1. The number of aliphatic carboxylic acids is 1. The van der Waals surface area contributed by atoms with Crippen molar-refractivity contribution in [3.8, 4) is 62.5 Å². The second-order valence-electron chi connectivity index (χ2n) is 24.6. The zero-order chi connectivity index (χ0) is 94.6. The molecule has 40 nitrogen and oxygen atoms in total. The Labute approximate surface area is 726 Å². The highest BCUT2D eigenvalue weighted by Gasteiger charge is 2.35. The van der Waals surface area contributed by atoms with Gasteiger partial charge in [-0.1, -0.05) is 60.1 Å². The van der Waals surface area contributed by atoms with Crippen LogP contribution in [0.4, 0.5) is 34.1 Å². The number of nitrogens with zero attached hydrogens (tertiary/aromatic N) is 5. The lowest BCUT2D eigenvalue weighted by molar-refractivity contribution is -0.385. The standard InChI is InChI=1S/C16H11NO5.C16H13NO3.C14H17NO7.C10H11NO5.C9H9NO5.C7H6ClNO3.C7H12O4.C7H6O2/c1-21-15-9-11(17(19)20)6-7-12(15)13-8-10-4-2-3-5-14(10)22-16(13)18;1-19-15-9-11(17)6-7-12(15)13-8-10-4-2-3-5-14(10)20-16(13)18;1-4-21-13(16)12(14(17)22-5-2)10-7-6-9(15(18)19)8-11(10)20-3;1-15-9-6-8(11(13)14)4-3-7(9)5-10(12)16-2;1-15-8-5-7(10(13)14)3-2-6(8)4-9(11)12;1-12-7-4-5(9(10)11)2-3-6(7)8;1-3-10-6(8)5-7(9)11-4-2;8-5-6-3-1-2-4-7(6)9/h2-9H,1H3;2-9H,17H2,1H3;6-8,12H,4-5H2,1-3H3;3-4,6H,5H2,1-2H3;2-3,5H,4H2,1H3,(H,11,12);2-4H,1H3;3-5H2,1-2H3;1-5,9H. The molecule has 0 spiro atoms. The third-order valence-electron chi connectivity index (χ3n) is 16.4. The van der Waals surface area contributed by atoms with Crippen LogP contribution in [0, 0.1) is 50.6 Å². The van der Waals surface area contributed by atoms with Crippen molar-refractivity contribution in [3.63, 3.8) is 0 Å². The monoisotopic (exact) mass is 1780 g/mol. The Hall–Kier alpha value is -16.4. The summed E-state index contributed by atoms with van der Waals surface area (Å²) in [6.45, 7) is 7.33. The number of hydrogen-bond acceptors (Lipinski definition) is 34. The number of aldehydes is 1. The maximum atomic E-state index is 12.2. The quantitative estimate of drug-likeness (QED) is 0.00629. The van der Waals surface area contributed by atoms with Gasteiger partial charge < -0.3 is 76.9 Å². The summed E-state index contributed by atoms with van der Waals surface area (Å²) in [6, 6.07) is 49.2. The number of nitro groups is 5. The zero-order valence-electron chi connectivity index (χ0n) is 69.7. The molecular formula is C86H85ClN6O34. The highest BCUT2D eigenvalue weighted by Crippen LogP contribution is 2.37. The van der Waals surface area contributed by atoms with Crippen LogP contribution >= 0.6 is 11.6 Å². The number of carbonyl (C=O) groups excluding carboxylic acids is 6. The van der Waals surface area contributed by atoms with Crippen molar-refractivity contribution in [2.24, 2.45) is 0 Å². The minimum Gasteiger partial charge on any atom is -0.507 e. The first-order chi connectivity index (χ1) is 60.5. The maximum absolute atomic E-state index is 12.2. The number of rotatable bonds is 27. The number of carbonyl (C=O) groups is 7. The SMILES string of the molecule is CCOC(=O)C(C(=O)OCC)c1ccc([N+](=O)[O-])cc1OC.CCOC(=O)CC(=O)OCC.COC(=O)Cc1ccc([N+](=O)[O-])cc1OC.COc1cc(N)ccc1-c1cc2ccccc2oc1=O.COc1cc([N+](=O)[O-])ccc1-c1cc2ccccc2oc1=O.COc1cc([N+](=O)[O-])ccc1CC(=O)O.COc1cc([N+](=O)[O-])ccc1Cl.O=Cc1ccccc1O. The number of halogens is 1. The Morgan fingerprint density at radius 3 is 1.18 bits per heavy atom. The van der Waals surface area contributed by atoms with Crippen LogP contribution < -0.4 is 45.4 Å². The average Bonchev–Trinajstić information content (AvgIpc) is 0.791. The molecule has 11 rings (SSSR count). The first kappa shape index (κ1) is 103. The number of non-ortho nitro benzene ring substituents is 5. The summed E-state index contributed by atoms with van der Waals surface area (Å²) >= 11 is 5.65. The smallest absolute Gasteiger partial charge is 0.344 e. The predicted octanol–water partition coefficient (Wildman–Crippen LogP) is 14.8. The third kappa shape index (κ3) is 32.2. The van der Waals surface area contributed by atoms with E-state index in [4.69, 9.17) is 74.3 Å². The van der Waals surface area contributed by atoms with E-state index in [1.807, 2.05) is 30.3 Å². The van der Waals surface area contributed by atoms with Crippen LogP contribution in [-0.2, 0) is 65.3 Å². The van der Waals surface area contributed by atoms with Crippen LogP contribution in [0.1, 0.15) is 67.1 Å². The third-order valence-corrected chi connectivity index (χ3v) is 16.8. The number of fused-ring (bicyclic) bond motifs is 2. The molecule has 0 aliphatic rings. The van der Waals surface area contributed by atoms with Crippen LogP contribution in [0.3, 0.4) is 0 Å². The molecule has 0 amide bonds. The Morgan fingerprint density at radius 1 is 0.425 bits per heavy atom. The van der Waals surface area contributed by atoms with E-state index in [-0.39, 0.29) is 103 Å². The van der Waals surface area contributed by atoms with E-state index in [0.717, 1.165) is 16.8 Å². The Balaban J connectivity index is 0.000000309. The van der Waals surface area contributed by atoms with Crippen molar-refractivity contribution in [1.29, 1.82) is 0 Å². The molecule has 11 aromatic rings. The van der Waals surface area contributed by atoms with Crippen molar-refractivity contribution in [1.82, 2.24) is 0 Å². The van der Waals surface area contributed by atoms with Gasteiger partial charge in [-0.15, -0.1) is 0 Å². The number of nitrogens with two attached hydrogens (primary N) is 1. The van der Waals surface area contributed by atoms with Gasteiger partial charge in [0.15, 0.2) is 12.2 Å². The lowest BCUT2D eigenvalue weighted by Gasteiger charge is -2.17. The molecule has 0 aliphatic carbocycles. The molecule has 2 heterocycles. The number of hydrogen-bond donors (Lipinski definition) is 3. The molecule has 0 bridgehead atoms. The number of methoxy groups -OCH3 is 7. The van der Waals surface area contributed by atoms with Gasteiger partial charge in [-0.25, -0.2) is 9.59 Å². The average molecular weight is 1780 g/mol. The Morgan fingerprint density at radius 2 is 0.787 bits per heavy atom. The molecule has 0 fully saturated rings. The van der Waals surface area contributed by atoms with Gasteiger partial charge in [0.05, 0.1) is 166 Å². The first-order valence-electron chi connectivity index (χ1n) is 37.0. The number of esters is 5. The summed E-state index contributed by atoms with van der Waals surface area (Å²) in [5.74, 6) is -3.75. The lowest BCUT2D eigenvalue weighted by Crippen LogP contribution is -2.26. The number of nitro benzene ring substituents is 5. The molecule has 127 heavy (non-hydrogen) atoms. The lowest BCUT2D eigenvalue weighted by atomic mass is 9.97. The first-order valence-corrected chi connectivity index (χ1v) is 37.4. The van der Waals surface area contributed by atoms with E-state index in [1.54, 1.807) is 102 Å². The van der Waals surface area contributed by atoms with Gasteiger partial charge >= 0.3 is 47.1 Å². The highest BCUT2D eigenvalue weighted by atomic mass is 35.5. The van der Waals surface area contributed by atoms with E-state index >= 15 is 0 Å². The van der Waals surface area contributed by atoms with Gasteiger partial charge in [-0.05, 0) is 107 Å². The minimum absolute atomic E-state index is 0.0255. The van der Waals surface area contributed by atoms with Crippen molar-refractivity contribution in [3.05, 3.63) is 293 Å². The van der Waals surface area contributed by atoms with Gasteiger partial charge in [0.2, 0.25) is 0 Å². The number of benzene rings is 9. The summed E-state index contributed by atoms with van der Waals surface area (Å²) in [5.41, 5.74) is 9.21. The number of ether oxygens (including phenoxy) is 11. The van der Waals surface area contributed by atoms with Crippen LogP contribution in [0.2, 0.25) is 5.02 Å². The van der Waals surface area contributed by atoms with E-state index in [2.05, 4.69) is 14.2 Å². The maximum Gasteiger partial charge on any atom is 0.344 e. The zero-order valence-corrected chi connectivity index (χ0v) is 70.5. The van der Waals surface area contributed by atoms with Crippen LogP contribution in [0.15, 0.2) is 213 Å². The van der Waals surface area contributed by atoms with Gasteiger partial charge in [0.1, 0.15) is 57.8 Å². The topological polar surface area (TPSA) is 564 Å². The largest absolute Gasteiger partial charge is 0.507 e.